The van der Waals surface area contributed by atoms with Crippen LogP contribution in [0.15, 0.2) is 0 Å². The van der Waals surface area contributed by atoms with Crippen molar-refractivity contribution in [3.63, 3.8) is 0 Å². The van der Waals surface area contributed by atoms with Crippen molar-refractivity contribution < 1.29 is 24.9 Å². The van der Waals surface area contributed by atoms with Gasteiger partial charge in [-0.3, -0.25) is 4.79 Å². The number of nitrogens with one attached hydrogen (secondary N) is 1. The molecular weight excluding hydrogens is 166 g/mol. The lowest BCUT2D eigenvalue weighted by Crippen LogP contribution is -1.91. The minimum atomic E-state index is -1.20. The molecule has 0 aliphatic heterocycles. The summed E-state index contributed by atoms with van der Waals surface area (Å²) in [5.41, 5.74) is 0. The van der Waals surface area contributed by atoms with Crippen molar-refractivity contribution in [3.8, 4) is 0 Å². The lowest BCUT2D eigenvalue weighted by molar-refractivity contribution is -0.134. The Balaban J connectivity index is -0.000000105. The number of carboxylic acid groups (broad SMARTS) is 2. The first-order valence-electron chi connectivity index (χ1n) is 2.96. The van der Waals surface area contributed by atoms with Crippen molar-refractivity contribution in [2.24, 2.45) is 0 Å². The second-order valence-electron chi connectivity index (χ2n) is 1.32. The largest absolute Gasteiger partial charge is 0.481 e. The Labute approximate surface area is 70.0 Å². The van der Waals surface area contributed by atoms with Crippen molar-refractivity contribution >= 4 is 18.2 Å². The van der Waals surface area contributed by atoms with Crippen molar-refractivity contribution in [2.75, 3.05) is 6.61 Å². The van der Waals surface area contributed by atoms with Gasteiger partial charge in [0.05, 0.1) is 0 Å². The molecule has 6 nitrogen and oxygen atoms in total. The third-order valence-electron chi connectivity index (χ3n) is 0.123. The van der Waals surface area contributed by atoms with Crippen LogP contribution in [0, 0.1) is 5.41 Å². The molecule has 0 aromatic heterocycles. The highest BCUT2D eigenvalue weighted by Gasteiger charge is 1.76. The number of carbonyl (C=O) groups is 2. The molecule has 6 heteroatoms. The van der Waals surface area contributed by atoms with Crippen LogP contribution in [0.3, 0.4) is 0 Å². The van der Waals surface area contributed by atoms with Gasteiger partial charge in [0.15, 0.2) is 0 Å². The Morgan fingerprint density at radius 3 is 1.50 bits per heavy atom. The van der Waals surface area contributed by atoms with Gasteiger partial charge in [-0.2, -0.15) is 0 Å². The summed E-state index contributed by atoms with van der Waals surface area (Å²) in [6, 6.07) is 0. The highest BCUT2D eigenvalue weighted by atomic mass is 16.4. The molecule has 0 rings (SSSR count). The fraction of sp³-hybridized carbons (Fsp3) is 0.500. The fourth-order valence-electron chi connectivity index (χ4n) is 0. The number of hydrogen-bond acceptors (Lipinski definition) is 4. The van der Waals surface area contributed by atoms with Crippen LogP contribution in [-0.2, 0) is 9.59 Å². The molecular formula is C6H13NO5. The van der Waals surface area contributed by atoms with E-state index in [-0.39, 0.29) is 6.61 Å². The number of carboxylic acids is 2. The lowest BCUT2D eigenvalue weighted by atomic mass is 10.8. The van der Waals surface area contributed by atoms with Crippen LogP contribution in [0.5, 0.6) is 0 Å². The van der Waals surface area contributed by atoms with E-state index in [0.717, 1.165) is 6.92 Å². The zero-order valence-corrected chi connectivity index (χ0v) is 6.94. The van der Waals surface area contributed by atoms with Gasteiger partial charge in [-0.1, -0.05) is 0 Å². The molecule has 0 bridgehead atoms. The molecule has 0 aromatic rings. The summed E-state index contributed by atoms with van der Waals surface area (Å²) in [5, 5.41) is 28.4. The maximum absolute atomic E-state index is 9.12. The summed E-state index contributed by atoms with van der Waals surface area (Å²) in [7, 11) is 0. The number of aliphatic carboxylic acids is 2. The Kier molecular flexibility index (Phi) is 22.9. The van der Waals surface area contributed by atoms with Crippen molar-refractivity contribution in [3.05, 3.63) is 0 Å². The van der Waals surface area contributed by atoms with E-state index in [1.807, 2.05) is 0 Å². The minimum absolute atomic E-state index is 0.250. The van der Waals surface area contributed by atoms with E-state index in [0.29, 0.717) is 6.21 Å². The second kappa shape index (κ2) is 16.3. The standard InChI is InChI=1S/C2H3NO2.C2H4O2.C2H6O/c3-1-2(4)5;1-2(3)4;1-2-3/h1,3H,(H,4,5);1H3,(H,3,4);3H,2H2,1H3. The molecule has 0 saturated heterocycles. The molecule has 0 heterocycles. The third kappa shape index (κ3) is 1510. The molecule has 0 radical (unpaired) electrons. The van der Waals surface area contributed by atoms with E-state index in [1.54, 1.807) is 6.92 Å². The van der Waals surface area contributed by atoms with Crippen LogP contribution in [0.4, 0.5) is 0 Å². The topological polar surface area (TPSA) is 119 Å². The zero-order chi connectivity index (χ0) is 10.6. The molecule has 0 aromatic carbocycles. The SMILES string of the molecule is CC(=O)O.CCO.N=CC(=O)O. The Morgan fingerprint density at radius 2 is 1.50 bits per heavy atom. The molecule has 0 amide bonds. The summed E-state index contributed by atoms with van der Waals surface area (Å²) < 4.78 is 0. The van der Waals surface area contributed by atoms with Gasteiger partial charge in [0, 0.05) is 13.5 Å². The van der Waals surface area contributed by atoms with Crippen LogP contribution in [0.1, 0.15) is 13.8 Å². The van der Waals surface area contributed by atoms with E-state index in [2.05, 4.69) is 0 Å². The quantitative estimate of drug-likeness (QED) is 0.416. The molecule has 0 unspecified atom stereocenters. The first-order valence-corrected chi connectivity index (χ1v) is 2.96. The van der Waals surface area contributed by atoms with Crippen LogP contribution < -0.4 is 0 Å². The van der Waals surface area contributed by atoms with Gasteiger partial charge in [0.1, 0.15) is 6.21 Å². The zero-order valence-electron chi connectivity index (χ0n) is 6.94. The highest BCUT2D eigenvalue weighted by molar-refractivity contribution is 6.20. The summed E-state index contributed by atoms with van der Waals surface area (Å²) in [6.45, 7) is 3.01. The fourth-order valence-corrected chi connectivity index (χ4v) is 0. The van der Waals surface area contributed by atoms with Gasteiger partial charge in [0.25, 0.3) is 5.97 Å². The molecule has 4 N–H and O–H groups in total. The number of aliphatic hydroxyl groups excluding tert-OH is 1. The molecule has 72 valence electrons. The Hall–Kier alpha value is -1.43. The van der Waals surface area contributed by atoms with Crippen molar-refractivity contribution in [1.82, 2.24) is 0 Å². The van der Waals surface area contributed by atoms with Gasteiger partial charge in [-0.25, -0.2) is 4.79 Å². The average Bonchev–Trinajstić information content (AvgIpc) is 1.88. The monoisotopic (exact) mass is 179 g/mol. The summed E-state index contributed by atoms with van der Waals surface area (Å²) in [6.07, 6.45) is 0.333. The predicted molar refractivity (Wildman–Crippen MR) is 42.5 cm³/mol. The number of rotatable bonds is 1. The van der Waals surface area contributed by atoms with E-state index in [9.17, 15) is 0 Å². The maximum atomic E-state index is 9.12. The Bertz CT molecular complexity index is 130. The molecule has 12 heavy (non-hydrogen) atoms. The maximum Gasteiger partial charge on any atom is 0.346 e. The van der Waals surface area contributed by atoms with E-state index >= 15 is 0 Å². The van der Waals surface area contributed by atoms with Gasteiger partial charge in [-0.05, 0) is 6.92 Å². The first kappa shape index (κ1) is 16.9. The van der Waals surface area contributed by atoms with Crippen LogP contribution in [0.2, 0.25) is 0 Å². The van der Waals surface area contributed by atoms with Gasteiger partial charge >= 0.3 is 5.97 Å². The highest BCUT2D eigenvalue weighted by Crippen LogP contribution is 1.42. The van der Waals surface area contributed by atoms with Gasteiger partial charge < -0.3 is 20.7 Å². The van der Waals surface area contributed by atoms with Crippen LogP contribution in [0.25, 0.3) is 0 Å². The van der Waals surface area contributed by atoms with Gasteiger partial charge in [0.2, 0.25) is 0 Å². The predicted octanol–water partition coefficient (Wildman–Crippen LogP) is -0.190. The molecule has 0 saturated carbocycles. The molecule has 0 aliphatic rings. The van der Waals surface area contributed by atoms with Crippen molar-refractivity contribution in [1.29, 1.82) is 5.41 Å². The smallest absolute Gasteiger partial charge is 0.346 e. The second-order valence-corrected chi connectivity index (χ2v) is 1.32. The van der Waals surface area contributed by atoms with Crippen LogP contribution in [-0.4, -0.2) is 40.1 Å². The van der Waals surface area contributed by atoms with E-state index < -0.39 is 11.9 Å². The van der Waals surface area contributed by atoms with Crippen molar-refractivity contribution in [2.45, 2.75) is 13.8 Å². The molecule has 0 aliphatic carbocycles. The first-order chi connectivity index (χ1) is 5.42. The number of aliphatic hydroxyl groups is 1. The average molecular weight is 179 g/mol. The summed E-state index contributed by atoms with van der Waals surface area (Å²) in [4.78, 5) is 18.1. The minimum Gasteiger partial charge on any atom is -0.481 e. The van der Waals surface area contributed by atoms with E-state index in [1.165, 1.54) is 0 Å². The molecule has 0 fully saturated rings. The normalized spacial score (nSPS) is 6.25. The number of hydrogen-bond donors (Lipinski definition) is 4. The van der Waals surface area contributed by atoms with E-state index in [4.69, 9.17) is 30.3 Å². The van der Waals surface area contributed by atoms with Gasteiger partial charge in [-0.15, -0.1) is 0 Å². The third-order valence-corrected chi connectivity index (χ3v) is 0.123. The van der Waals surface area contributed by atoms with Crippen LogP contribution >= 0.6 is 0 Å². The molecule has 0 spiro atoms. The lowest BCUT2D eigenvalue weighted by Gasteiger charge is -1.63. The summed E-state index contributed by atoms with van der Waals surface area (Å²) in [5.74, 6) is -2.04. The Morgan fingerprint density at radius 1 is 1.42 bits per heavy atom. The molecule has 0 atom stereocenters. The summed E-state index contributed by atoms with van der Waals surface area (Å²) >= 11 is 0.